The molecule has 1 N–H and O–H groups in total. The van der Waals surface area contributed by atoms with Crippen molar-refractivity contribution in [1.82, 2.24) is 0 Å². The second kappa shape index (κ2) is 6.95. The summed E-state index contributed by atoms with van der Waals surface area (Å²) >= 11 is 11.8. The maximum absolute atomic E-state index is 12.0. The highest BCUT2D eigenvalue weighted by atomic mass is 35.5. The predicted molar refractivity (Wildman–Crippen MR) is 93.1 cm³/mol. The Bertz CT molecular complexity index is 968. The summed E-state index contributed by atoms with van der Waals surface area (Å²) in [6, 6.07) is 12.7. The average molecular weight is 364 g/mol. The number of carbonyl (C=O) groups excluding carboxylic acids is 1. The van der Waals surface area contributed by atoms with Crippen molar-refractivity contribution in [2.24, 2.45) is 0 Å². The van der Waals surface area contributed by atoms with Crippen LogP contribution in [0.15, 0.2) is 57.7 Å². The number of ether oxygens (including phenoxy) is 1. The third kappa shape index (κ3) is 3.88. The lowest BCUT2D eigenvalue weighted by Crippen LogP contribution is -2.20. The molecule has 0 fully saturated rings. The number of hydrogen-bond acceptors (Lipinski definition) is 4. The van der Waals surface area contributed by atoms with E-state index in [1.54, 1.807) is 42.5 Å². The van der Waals surface area contributed by atoms with Gasteiger partial charge in [0.05, 0.1) is 10.7 Å². The van der Waals surface area contributed by atoms with E-state index >= 15 is 0 Å². The van der Waals surface area contributed by atoms with Crippen LogP contribution < -0.4 is 15.7 Å². The van der Waals surface area contributed by atoms with Gasteiger partial charge in [0.25, 0.3) is 5.91 Å². The predicted octanol–water partition coefficient (Wildman–Crippen LogP) is 4.12. The van der Waals surface area contributed by atoms with E-state index in [1.807, 2.05) is 0 Å². The van der Waals surface area contributed by atoms with E-state index < -0.39 is 11.5 Å². The molecule has 3 rings (SSSR count). The summed E-state index contributed by atoms with van der Waals surface area (Å²) in [5.74, 6) is 0.0120. The minimum atomic E-state index is -0.451. The SMILES string of the molecule is O=C(COc1ccc2ccc(=O)oc2c1)Nc1cc(Cl)ccc1Cl. The number of halogens is 2. The van der Waals surface area contributed by atoms with E-state index in [0.717, 1.165) is 5.39 Å². The number of rotatable bonds is 4. The van der Waals surface area contributed by atoms with Crippen molar-refractivity contribution < 1.29 is 13.9 Å². The normalized spacial score (nSPS) is 10.6. The highest BCUT2D eigenvalue weighted by Crippen LogP contribution is 2.25. The van der Waals surface area contributed by atoms with Gasteiger partial charge in [0, 0.05) is 22.5 Å². The first-order chi connectivity index (χ1) is 11.5. The van der Waals surface area contributed by atoms with E-state index in [1.165, 1.54) is 6.07 Å². The molecule has 0 unspecified atom stereocenters. The van der Waals surface area contributed by atoms with Gasteiger partial charge in [0.1, 0.15) is 11.3 Å². The first kappa shape index (κ1) is 16.4. The average Bonchev–Trinajstić information content (AvgIpc) is 2.56. The number of anilines is 1. The summed E-state index contributed by atoms with van der Waals surface area (Å²) in [6.07, 6.45) is 0. The van der Waals surface area contributed by atoms with Crippen molar-refractivity contribution in [3.63, 3.8) is 0 Å². The number of carbonyl (C=O) groups is 1. The molecule has 3 aromatic rings. The lowest BCUT2D eigenvalue weighted by atomic mass is 10.2. The maximum atomic E-state index is 12.0. The number of benzene rings is 2. The van der Waals surface area contributed by atoms with Gasteiger partial charge in [-0.25, -0.2) is 4.79 Å². The molecule has 2 aromatic carbocycles. The van der Waals surface area contributed by atoms with Crippen LogP contribution in [0.5, 0.6) is 5.75 Å². The van der Waals surface area contributed by atoms with Gasteiger partial charge in [-0.15, -0.1) is 0 Å². The van der Waals surface area contributed by atoms with Gasteiger partial charge in [0.15, 0.2) is 6.61 Å². The van der Waals surface area contributed by atoms with Crippen LogP contribution in [0, 0.1) is 0 Å². The van der Waals surface area contributed by atoms with Crippen LogP contribution in [0.25, 0.3) is 11.0 Å². The molecule has 0 aliphatic carbocycles. The molecule has 24 heavy (non-hydrogen) atoms. The molecule has 1 amide bonds. The van der Waals surface area contributed by atoms with Crippen LogP contribution in [0.2, 0.25) is 10.0 Å². The van der Waals surface area contributed by atoms with Gasteiger partial charge in [-0.05, 0) is 36.4 Å². The molecule has 0 aliphatic rings. The fraction of sp³-hybridized carbons (Fsp3) is 0.0588. The van der Waals surface area contributed by atoms with Crippen LogP contribution >= 0.6 is 23.2 Å². The first-order valence-corrected chi connectivity index (χ1v) is 7.68. The van der Waals surface area contributed by atoms with Crippen LogP contribution in [0.3, 0.4) is 0 Å². The molecule has 1 heterocycles. The molecule has 0 aliphatic heterocycles. The number of amides is 1. The van der Waals surface area contributed by atoms with Crippen molar-refractivity contribution in [1.29, 1.82) is 0 Å². The summed E-state index contributed by atoms with van der Waals surface area (Å²) in [5.41, 5.74) is 0.341. The Morgan fingerprint density at radius 1 is 1.08 bits per heavy atom. The fourth-order valence-corrected chi connectivity index (χ4v) is 2.40. The Hall–Kier alpha value is -2.50. The third-order valence-corrected chi connectivity index (χ3v) is 3.73. The van der Waals surface area contributed by atoms with E-state index in [2.05, 4.69) is 5.32 Å². The smallest absolute Gasteiger partial charge is 0.336 e. The van der Waals surface area contributed by atoms with Crippen molar-refractivity contribution >= 4 is 45.8 Å². The van der Waals surface area contributed by atoms with Gasteiger partial charge >= 0.3 is 5.63 Å². The Labute approximate surface area is 146 Å². The molecule has 5 nitrogen and oxygen atoms in total. The first-order valence-electron chi connectivity index (χ1n) is 6.93. The molecule has 1 aromatic heterocycles. The highest BCUT2D eigenvalue weighted by Gasteiger charge is 2.08. The quantitative estimate of drug-likeness (QED) is 0.708. The standard InChI is InChI=1S/C17H11Cl2NO4/c18-11-3-5-13(19)14(7-11)20-16(21)9-23-12-4-1-10-2-6-17(22)24-15(10)8-12/h1-8H,9H2,(H,20,21). The molecule has 122 valence electrons. The molecule has 0 radical (unpaired) electrons. The Morgan fingerprint density at radius 3 is 2.71 bits per heavy atom. The van der Waals surface area contributed by atoms with Crippen molar-refractivity contribution in [3.8, 4) is 5.75 Å². The lowest BCUT2D eigenvalue weighted by molar-refractivity contribution is -0.118. The van der Waals surface area contributed by atoms with Crippen molar-refractivity contribution in [2.45, 2.75) is 0 Å². The minimum Gasteiger partial charge on any atom is -0.484 e. The molecule has 7 heteroatoms. The summed E-state index contributed by atoms with van der Waals surface area (Å²) in [6.45, 7) is -0.231. The Balaban J connectivity index is 1.67. The van der Waals surface area contributed by atoms with Crippen molar-refractivity contribution in [2.75, 3.05) is 11.9 Å². The van der Waals surface area contributed by atoms with Gasteiger partial charge < -0.3 is 14.5 Å². The zero-order valence-electron chi connectivity index (χ0n) is 12.2. The molecular weight excluding hydrogens is 353 g/mol. The second-order valence-electron chi connectivity index (χ2n) is 4.92. The summed E-state index contributed by atoms with van der Waals surface area (Å²) < 4.78 is 10.5. The van der Waals surface area contributed by atoms with Gasteiger partial charge in [-0.1, -0.05) is 23.2 Å². The molecule has 0 saturated heterocycles. The Kier molecular flexibility index (Phi) is 4.74. The van der Waals surface area contributed by atoms with E-state index in [0.29, 0.717) is 27.1 Å². The minimum absolute atomic E-state index is 0.231. The lowest BCUT2D eigenvalue weighted by Gasteiger charge is -2.09. The number of hydrogen-bond donors (Lipinski definition) is 1. The summed E-state index contributed by atoms with van der Waals surface area (Å²) in [5, 5.41) is 4.21. The van der Waals surface area contributed by atoms with Gasteiger partial charge in [-0.2, -0.15) is 0 Å². The Morgan fingerprint density at radius 2 is 1.88 bits per heavy atom. The largest absolute Gasteiger partial charge is 0.484 e. The maximum Gasteiger partial charge on any atom is 0.336 e. The van der Waals surface area contributed by atoms with Gasteiger partial charge in [0.2, 0.25) is 0 Å². The number of nitrogens with one attached hydrogen (secondary N) is 1. The monoisotopic (exact) mass is 363 g/mol. The molecule has 0 saturated carbocycles. The molecule has 0 spiro atoms. The van der Waals surface area contributed by atoms with E-state index in [9.17, 15) is 9.59 Å². The highest BCUT2D eigenvalue weighted by molar-refractivity contribution is 6.35. The van der Waals surface area contributed by atoms with E-state index in [4.69, 9.17) is 32.4 Å². The van der Waals surface area contributed by atoms with Crippen LogP contribution in [0.1, 0.15) is 0 Å². The summed E-state index contributed by atoms with van der Waals surface area (Å²) in [7, 11) is 0. The molecule has 0 atom stereocenters. The second-order valence-corrected chi connectivity index (χ2v) is 5.76. The third-order valence-electron chi connectivity index (χ3n) is 3.17. The van der Waals surface area contributed by atoms with Crippen LogP contribution in [-0.2, 0) is 4.79 Å². The zero-order chi connectivity index (χ0) is 17.1. The zero-order valence-corrected chi connectivity index (χ0v) is 13.7. The van der Waals surface area contributed by atoms with Crippen LogP contribution in [0.4, 0.5) is 5.69 Å². The van der Waals surface area contributed by atoms with Crippen LogP contribution in [-0.4, -0.2) is 12.5 Å². The molecule has 0 bridgehead atoms. The topological polar surface area (TPSA) is 68.5 Å². The fourth-order valence-electron chi connectivity index (χ4n) is 2.06. The van der Waals surface area contributed by atoms with E-state index in [-0.39, 0.29) is 6.61 Å². The van der Waals surface area contributed by atoms with Crippen molar-refractivity contribution in [3.05, 3.63) is 69.0 Å². The summed E-state index contributed by atoms with van der Waals surface area (Å²) in [4.78, 5) is 23.2. The number of fused-ring (bicyclic) bond motifs is 1. The molecular formula is C17H11Cl2NO4. The van der Waals surface area contributed by atoms with Gasteiger partial charge in [-0.3, -0.25) is 4.79 Å².